The van der Waals surface area contributed by atoms with Gasteiger partial charge in [0.2, 0.25) is 11.8 Å². The van der Waals surface area contributed by atoms with Crippen LogP contribution in [0.4, 0.5) is 15.3 Å². The molecule has 1 aliphatic rings. The minimum atomic E-state index is -0.908. The van der Waals surface area contributed by atoms with E-state index < -0.39 is 47.3 Å². The zero-order valence-electron chi connectivity index (χ0n) is 26.1. The van der Waals surface area contributed by atoms with Crippen LogP contribution in [0.25, 0.3) is 10.9 Å². The van der Waals surface area contributed by atoms with E-state index in [-0.39, 0.29) is 19.5 Å². The normalized spacial score (nSPS) is 16.7. The first-order valence-electron chi connectivity index (χ1n) is 14.6. The lowest BCUT2D eigenvalue weighted by Crippen LogP contribution is -2.46. The highest BCUT2D eigenvalue weighted by Crippen LogP contribution is 2.25. The van der Waals surface area contributed by atoms with Gasteiger partial charge in [-0.15, -0.1) is 0 Å². The summed E-state index contributed by atoms with van der Waals surface area (Å²) in [6.07, 6.45) is 1.11. The SMILES string of the molecule is CC(C)(C)OC(=O)NCC(=O)N[C@@H]1C[C@@H](C(=O)Nc2cnc3ccc(Cc4ccccc4)cc3c2)N(C(=O)OC(C)(C)C)C1. The number of fused-ring (bicyclic) bond motifs is 1. The number of hydrogen-bond acceptors (Lipinski definition) is 7. The molecule has 11 nitrogen and oxygen atoms in total. The lowest BCUT2D eigenvalue weighted by Gasteiger charge is -2.28. The fraction of sp³-hybridized carbons (Fsp3) is 0.424. The molecule has 2 heterocycles. The van der Waals surface area contributed by atoms with Crippen LogP contribution in [0, 0.1) is 0 Å². The molecular formula is C33H41N5O6. The predicted octanol–water partition coefficient (Wildman–Crippen LogP) is 4.78. The van der Waals surface area contributed by atoms with Crippen molar-refractivity contribution in [2.24, 2.45) is 0 Å². The summed E-state index contributed by atoms with van der Waals surface area (Å²) < 4.78 is 10.7. The highest BCUT2D eigenvalue weighted by molar-refractivity contribution is 5.98. The van der Waals surface area contributed by atoms with Crippen LogP contribution >= 0.6 is 0 Å². The van der Waals surface area contributed by atoms with E-state index in [2.05, 4.69) is 33.1 Å². The number of nitrogens with zero attached hydrogens (tertiary/aromatic N) is 2. The first kappa shape index (κ1) is 32.2. The van der Waals surface area contributed by atoms with Crippen LogP contribution in [0.2, 0.25) is 0 Å². The van der Waals surface area contributed by atoms with E-state index in [9.17, 15) is 19.2 Å². The number of alkyl carbamates (subject to hydrolysis) is 1. The van der Waals surface area contributed by atoms with E-state index >= 15 is 0 Å². The molecule has 0 radical (unpaired) electrons. The van der Waals surface area contributed by atoms with Gasteiger partial charge in [0.1, 0.15) is 23.8 Å². The third-order valence-corrected chi connectivity index (χ3v) is 6.65. The third-order valence-electron chi connectivity index (χ3n) is 6.65. The number of pyridine rings is 1. The molecule has 4 amide bonds. The Morgan fingerprint density at radius 1 is 0.909 bits per heavy atom. The van der Waals surface area contributed by atoms with Crippen molar-refractivity contribution in [3.05, 3.63) is 71.9 Å². The molecule has 0 aliphatic carbocycles. The Balaban J connectivity index is 1.45. The number of carbonyl (C=O) groups is 4. The quantitative estimate of drug-likeness (QED) is 0.353. The Morgan fingerprint density at radius 2 is 1.61 bits per heavy atom. The number of ether oxygens (including phenoxy) is 2. The monoisotopic (exact) mass is 603 g/mol. The molecule has 2 atom stereocenters. The zero-order chi connectivity index (χ0) is 32.1. The Hall–Kier alpha value is -4.67. The summed E-state index contributed by atoms with van der Waals surface area (Å²) in [5.74, 6) is -0.905. The molecule has 4 rings (SSSR count). The molecule has 2 aromatic carbocycles. The lowest BCUT2D eigenvalue weighted by atomic mass is 10.0. The van der Waals surface area contributed by atoms with Gasteiger partial charge >= 0.3 is 12.2 Å². The maximum absolute atomic E-state index is 13.5. The Labute approximate surface area is 257 Å². The molecule has 1 saturated heterocycles. The average molecular weight is 604 g/mol. The van der Waals surface area contributed by atoms with Crippen LogP contribution in [0.5, 0.6) is 0 Å². The molecule has 0 unspecified atom stereocenters. The van der Waals surface area contributed by atoms with E-state index in [1.165, 1.54) is 10.5 Å². The van der Waals surface area contributed by atoms with Crippen molar-refractivity contribution >= 4 is 40.6 Å². The maximum Gasteiger partial charge on any atom is 0.411 e. The number of nitrogens with one attached hydrogen (secondary N) is 3. The van der Waals surface area contributed by atoms with Crippen LogP contribution in [0.3, 0.4) is 0 Å². The summed E-state index contributed by atoms with van der Waals surface area (Å²) >= 11 is 0. The molecule has 0 spiro atoms. The van der Waals surface area contributed by atoms with Crippen LogP contribution < -0.4 is 16.0 Å². The van der Waals surface area contributed by atoms with Crippen molar-refractivity contribution in [3.8, 4) is 0 Å². The van der Waals surface area contributed by atoms with E-state index in [0.29, 0.717) is 5.69 Å². The number of hydrogen-bond donors (Lipinski definition) is 3. The molecule has 3 aromatic rings. The van der Waals surface area contributed by atoms with E-state index in [0.717, 1.165) is 22.9 Å². The number of rotatable bonds is 7. The highest BCUT2D eigenvalue weighted by atomic mass is 16.6. The smallest absolute Gasteiger partial charge is 0.411 e. The standard InChI is InChI=1S/C33H41N5O6/c1-32(2,3)43-30(41)35-19-28(39)36-25-17-27(38(20-25)31(42)44-33(4,5)6)29(40)37-24-16-23-15-22(12-13-26(23)34-18-24)14-21-10-8-7-9-11-21/h7-13,15-16,18,25,27H,14,17,19-20H2,1-6H3,(H,35,41)(H,36,39)(H,37,40)/t25-,27+/m1/s1. The predicted molar refractivity (Wildman–Crippen MR) is 167 cm³/mol. The Kier molecular flexibility index (Phi) is 9.76. The Bertz CT molecular complexity index is 1510. The van der Waals surface area contributed by atoms with Crippen LogP contribution in [-0.2, 0) is 25.5 Å². The highest BCUT2D eigenvalue weighted by Gasteiger charge is 2.42. The summed E-state index contributed by atoms with van der Waals surface area (Å²) in [7, 11) is 0. The molecule has 44 heavy (non-hydrogen) atoms. The maximum atomic E-state index is 13.5. The first-order chi connectivity index (χ1) is 20.6. The van der Waals surface area contributed by atoms with Crippen LogP contribution in [-0.4, -0.2) is 70.3 Å². The summed E-state index contributed by atoms with van der Waals surface area (Å²) in [4.78, 5) is 57.0. The van der Waals surface area contributed by atoms with Crippen molar-refractivity contribution in [2.75, 3.05) is 18.4 Å². The van der Waals surface area contributed by atoms with Crippen molar-refractivity contribution in [1.82, 2.24) is 20.5 Å². The number of anilines is 1. The molecule has 1 aliphatic heterocycles. The fourth-order valence-corrected chi connectivity index (χ4v) is 4.87. The van der Waals surface area contributed by atoms with Gasteiger partial charge in [-0.3, -0.25) is 19.5 Å². The fourth-order valence-electron chi connectivity index (χ4n) is 4.87. The largest absolute Gasteiger partial charge is 0.444 e. The molecule has 3 N–H and O–H groups in total. The summed E-state index contributed by atoms with van der Waals surface area (Å²) in [5, 5.41) is 8.97. The molecule has 1 fully saturated rings. The lowest BCUT2D eigenvalue weighted by molar-refractivity contribution is -0.121. The minimum absolute atomic E-state index is 0.0595. The summed E-state index contributed by atoms with van der Waals surface area (Å²) in [6, 6.07) is 16.6. The zero-order valence-corrected chi connectivity index (χ0v) is 26.1. The Morgan fingerprint density at radius 3 is 2.30 bits per heavy atom. The van der Waals surface area contributed by atoms with E-state index in [1.807, 2.05) is 42.5 Å². The molecule has 0 bridgehead atoms. The number of benzene rings is 2. The molecule has 0 saturated carbocycles. The number of amides is 4. The summed E-state index contributed by atoms with van der Waals surface area (Å²) in [5.41, 5.74) is 2.09. The molecule has 11 heteroatoms. The first-order valence-corrected chi connectivity index (χ1v) is 14.6. The van der Waals surface area contributed by atoms with Gasteiger partial charge in [0, 0.05) is 18.0 Å². The minimum Gasteiger partial charge on any atom is -0.444 e. The molecule has 1 aromatic heterocycles. The van der Waals surface area contributed by atoms with Crippen LogP contribution in [0.15, 0.2) is 60.8 Å². The summed E-state index contributed by atoms with van der Waals surface area (Å²) in [6.45, 7) is 10.1. The topological polar surface area (TPSA) is 139 Å². The second-order valence-corrected chi connectivity index (χ2v) is 12.9. The van der Waals surface area contributed by atoms with Crippen LogP contribution in [0.1, 0.15) is 59.1 Å². The van der Waals surface area contributed by atoms with Crippen molar-refractivity contribution < 1.29 is 28.7 Å². The number of likely N-dealkylation sites (tertiary alicyclic amines) is 1. The van der Waals surface area contributed by atoms with Gasteiger partial charge < -0.3 is 25.4 Å². The average Bonchev–Trinajstić information content (AvgIpc) is 3.35. The van der Waals surface area contributed by atoms with Gasteiger partial charge in [0.25, 0.3) is 0 Å². The number of aromatic nitrogens is 1. The second kappa shape index (κ2) is 13.3. The number of carbonyl (C=O) groups excluding carboxylic acids is 4. The van der Waals surface area contributed by atoms with Gasteiger partial charge in [-0.05, 0) is 83.7 Å². The molecule has 234 valence electrons. The second-order valence-electron chi connectivity index (χ2n) is 12.9. The van der Waals surface area contributed by atoms with Crippen molar-refractivity contribution in [2.45, 2.75) is 77.7 Å². The van der Waals surface area contributed by atoms with E-state index in [4.69, 9.17) is 9.47 Å². The van der Waals surface area contributed by atoms with Crippen molar-refractivity contribution in [3.63, 3.8) is 0 Å². The van der Waals surface area contributed by atoms with Gasteiger partial charge in [0.15, 0.2) is 0 Å². The van der Waals surface area contributed by atoms with Crippen molar-refractivity contribution in [1.29, 1.82) is 0 Å². The van der Waals surface area contributed by atoms with E-state index in [1.54, 1.807) is 47.7 Å². The van der Waals surface area contributed by atoms with Gasteiger partial charge in [-0.2, -0.15) is 0 Å². The molecular weight excluding hydrogens is 562 g/mol. The third kappa shape index (κ3) is 9.42. The van der Waals surface area contributed by atoms with Gasteiger partial charge in [-0.25, -0.2) is 9.59 Å². The van der Waals surface area contributed by atoms with Gasteiger partial charge in [0.05, 0.1) is 17.4 Å². The van der Waals surface area contributed by atoms with Gasteiger partial charge in [-0.1, -0.05) is 36.4 Å².